The molecule has 1 aliphatic rings. The second kappa shape index (κ2) is 5.38. The van der Waals surface area contributed by atoms with Crippen LogP contribution in [0.2, 0.25) is 0 Å². The number of benzene rings is 1. The predicted molar refractivity (Wildman–Crippen MR) is 69.5 cm³/mol. The van der Waals surface area contributed by atoms with Crippen molar-refractivity contribution in [2.45, 2.75) is 12.6 Å². The molecular weight excluding hydrogens is 246 g/mol. The van der Waals surface area contributed by atoms with Gasteiger partial charge in [0.15, 0.2) is 11.6 Å². The summed E-state index contributed by atoms with van der Waals surface area (Å²) < 4.78 is 0. The van der Waals surface area contributed by atoms with Gasteiger partial charge >= 0.3 is 0 Å². The van der Waals surface area contributed by atoms with Gasteiger partial charge in [0, 0.05) is 29.4 Å². The lowest BCUT2D eigenvalue weighted by Crippen LogP contribution is -2.47. The standard InChI is InChI=1S/C13H15N3O3/c14-13(15)10(6-16-19)9-5-11(17)7-3-1-2-4-8(7)12(9)18/h1-4,9-10,13H,5-6,14-15H2/t9?,10-/m1/s1. The van der Waals surface area contributed by atoms with Crippen molar-refractivity contribution in [1.29, 1.82) is 0 Å². The fourth-order valence-electron chi connectivity index (χ4n) is 2.49. The van der Waals surface area contributed by atoms with Gasteiger partial charge in [-0.1, -0.05) is 29.4 Å². The van der Waals surface area contributed by atoms with Crippen molar-refractivity contribution in [3.63, 3.8) is 0 Å². The molecule has 0 fully saturated rings. The van der Waals surface area contributed by atoms with Crippen LogP contribution in [0.5, 0.6) is 0 Å². The topological polar surface area (TPSA) is 116 Å². The molecule has 0 bridgehead atoms. The van der Waals surface area contributed by atoms with Crippen LogP contribution < -0.4 is 11.5 Å². The Hall–Kier alpha value is -1.92. The molecule has 0 amide bonds. The van der Waals surface area contributed by atoms with Crippen molar-refractivity contribution < 1.29 is 9.59 Å². The van der Waals surface area contributed by atoms with Crippen molar-refractivity contribution in [3.05, 3.63) is 40.3 Å². The average Bonchev–Trinajstić information content (AvgIpc) is 2.40. The summed E-state index contributed by atoms with van der Waals surface area (Å²) in [6, 6.07) is 6.64. The molecule has 0 saturated heterocycles. The van der Waals surface area contributed by atoms with E-state index >= 15 is 0 Å². The van der Waals surface area contributed by atoms with Crippen molar-refractivity contribution in [3.8, 4) is 0 Å². The van der Waals surface area contributed by atoms with Gasteiger partial charge < -0.3 is 11.5 Å². The van der Waals surface area contributed by atoms with E-state index in [1.54, 1.807) is 24.3 Å². The fraction of sp³-hybridized carbons (Fsp3) is 0.385. The molecule has 4 N–H and O–H groups in total. The van der Waals surface area contributed by atoms with Gasteiger partial charge in [0.2, 0.25) is 0 Å². The first-order valence-corrected chi connectivity index (χ1v) is 6.03. The summed E-state index contributed by atoms with van der Waals surface area (Å²) in [5.74, 6) is -1.59. The van der Waals surface area contributed by atoms with Crippen molar-refractivity contribution >= 4 is 11.6 Å². The van der Waals surface area contributed by atoms with Gasteiger partial charge in [-0.25, -0.2) is 0 Å². The van der Waals surface area contributed by atoms with E-state index < -0.39 is 18.0 Å². The Balaban J connectivity index is 2.38. The van der Waals surface area contributed by atoms with E-state index in [2.05, 4.69) is 5.18 Å². The highest BCUT2D eigenvalue weighted by Crippen LogP contribution is 2.31. The minimum atomic E-state index is -0.857. The summed E-state index contributed by atoms with van der Waals surface area (Å²) in [6.45, 7) is -0.163. The number of Topliss-reactive ketones (excluding diaryl/α,β-unsaturated/α-hetero) is 2. The molecule has 0 spiro atoms. The number of hydrogen-bond donors (Lipinski definition) is 2. The van der Waals surface area contributed by atoms with Crippen LogP contribution >= 0.6 is 0 Å². The van der Waals surface area contributed by atoms with Crippen molar-refractivity contribution in [2.24, 2.45) is 28.5 Å². The summed E-state index contributed by atoms with van der Waals surface area (Å²) in [7, 11) is 0. The number of nitrogens with zero attached hydrogens (tertiary/aromatic N) is 1. The Morgan fingerprint density at radius 3 is 2.42 bits per heavy atom. The van der Waals surface area contributed by atoms with Crippen LogP contribution in [-0.2, 0) is 0 Å². The third-order valence-corrected chi connectivity index (χ3v) is 3.53. The molecule has 1 aliphatic carbocycles. The van der Waals surface area contributed by atoms with Crippen LogP contribution in [0.3, 0.4) is 0 Å². The Labute approximate surface area is 110 Å². The number of carbonyl (C=O) groups excluding carboxylic acids is 2. The third kappa shape index (κ3) is 2.45. The number of carbonyl (C=O) groups is 2. The molecule has 0 heterocycles. The highest BCUT2D eigenvalue weighted by Gasteiger charge is 2.39. The first kappa shape index (κ1) is 13.5. The molecule has 0 saturated carbocycles. The van der Waals surface area contributed by atoms with Gasteiger partial charge in [-0.2, -0.15) is 4.91 Å². The Bertz CT molecular complexity index is 528. The average molecular weight is 261 g/mol. The van der Waals surface area contributed by atoms with E-state index in [-0.39, 0.29) is 24.5 Å². The number of fused-ring (bicyclic) bond motifs is 1. The van der Waals surface area contributed by atoms with Gasteiger partial charge in [-0.3, -0.25) is 9.59 Å². The predicted octanol–water partition coefficient (Wildman–Crippen LogP) is 0.698. The fourth-order valence-corrected chi connectivity index (χ4v) is 2.49. The highest BCUT2D eigenvalue weighted by atomic mass is 16.3. The van der Waals surface area contributed by atoms with Crippen molar-refractivity contribution in [2.75, 3.05) is 6.54 Å². The van der Waals surface area contributed by atoms with E-state index in [0.717, 1.165) is 0 Å². The Morgan fingerprint density at radius 2 is 1.84 bits per heavy atom. The molecule has 0 radical (unpaired) electrons. The number of rotatable bonds is 4. The summed E-state index contributed by atoms with van der Waals surface area (Å²) in [5, 5.41) is 2.77. The Kier molecular flexibility index (Phi) is 3.82. The number of ketones is 2. The van der Waals surface area contributed by atoms with E-state index in [1.165, 1.54) is 0 Å². The van der Waals surface area contributed by atoms with Crippen LogP contribution in [0.4, 0.5) is 0 Å². The second-order valence-electron chi connectivity index (χ2n) is 4.70. The van der Waals surface area contributed by atoms with Crippen LogP contribution in [0, 0.1) is 16.7 Å². The number of nitrogens with two attached hydrogens (primary N) is 2. The van der Waals surface area contributed by atoms with Gasteiger partial charge in [-0.05, 0) is 0 Å². The maximum Gasteiger partial charge on any atom is 0.167 e. The normalized spacial score (nSPS) is 20.3. The molecule has 0 aromatic heterocycles. The van der Waals surface area contributed by atoms with E-state index in [0.29, 0.717) is 11.1 Å². The zero-order valence-electron chi connectivity index (χ0n) is 10.3. The first-order chi connectivity index (χ1) is 9.06. The second-order valence-corrected chi connectivity index (χ2v) is 4.70. The van der Waals surface area contributed by atoms with E-state index in [4.69, 9.17) is 11.5 Å². The van der Waals surface area contributed by atoms with Gasteiger partial charge in [0.1, 0.15) is 0 Å². The lowest BCUT2D eigenvalue weighted by molar-refractivity contribution is 0.0761. The van der Waals surface area contributed by atoms with Crippen LogP contribution in [0.1, 0.15) is 27.1 Å². The summed E-state index contributed by atoms with van der Waals surface area (Å²) in [6.07, 6.45) is -0.828. The SMILES string of the molecule is NC(N)[C@H](CN=O)C1CC(=O)c2ccccc2C1=O. The smallest absolute Gasteiger partial charge is 0.167 e. The maximum absolute atomic E-state index is 12.4. The van der Waals surface area contributed by atoms with Crippen molar-refractivity contribution in [1.82, 2.24) is 0 Å². The quantitative estimate of drug-likeness (QED) is 0.611. The summed E-state index contributed by atoms with van der Waals surface area (Å²) in [4.78, 5) is 34.8. The zero-order valence-corrected chi connectivity index (χ0v) is 10.3. The van der Waals surface area contributed by atoms with E-state index in [9.17, 15) is 14.5 Å². The zero-order chi connectivity index (χ0) is 14.0. The van der Waals surface area contributed by atoms with Crippen LogP contribution in [-0.4, -0.2) is 24.3 Å². The Morgan fingerprint density at radius 1 is 1.21 bits per heavy atom. The molecule has 2 rings (SSSR count). The minimum absolute atomic E-state index is 0.0287. The third-order valence-electron chi connectivity index (χ3n) is 3.53. The van der Waals surface area contributed by atoms with Crippen LogP contribution in [0.25, 0.3) is 0 Å². The molecule has 6 heteroatoms. The summed E-state index contributed by atoms with van der Waals surface area (Å²) in [5.41, 5.74) is 12.0. The molecule has 2 atom stereocenters. The van der Waals surface area contributed by atoms with Gasteiger partial charge in [0.05, 0.1) is 12.7 Å². The molecule has 0 aliphatic heterocycles. The molecular formula is C13H15N3O3. The lowest BCUT2D eigenvalue weighted by atomic mass is 9.74. The molecule has 6 nitrogen and oxygen atoms in total. The minimum Gasteiger partial charge on any atom is -0.316 e. The molecule has 19 heavy (non-hydrogen) atoms. The van der Waals surface area contributed by atoms with Crippen LogP contribution in [0.15, 0.2) is 29.4 Å². The molecule has 1 aromatic carbocycles. The summed E-state index contributed by atoms with van der Waals surface area (Å²) >= 11 is 0. The lowest BCUT2D eigenvalue weighted by Gasteiger charge is -2.30. The maximum atomic E-state index is 12.4. The van der Waals surface area contributed by atoms with E-state index in [1.807, 2.05) is 0 Å². The first-order valence-electron chi connectivity index (χ1n) is 6.03. The largest absolute Gasteiger partial charge is 0.316 e. The highest BCUT2D eigenvalue weighted by molar-refractivity contribution is 6.14. The monoisotopic (exact) mass is 261 g/mol. The van der Waals surface area contributed by atoms with Gasteiger partial charge in [-0.15, -0.1) is 0 Å². The number of hydrogen-bond acceptors (Lipinski definition) is 6. The molecule has 1 aromatic rings. The molecule has 100 valence electrons. The molecule has 1 unspecified atom stereocenters. The van der Waals surface area contributed by atoms with Gasteiger partial charge in [0.25, 0.3) is 0 Å². The number of nitroso groups, excluding NO2 is 1.